The van der Waals surface area contributed by atoms with Crippen LogP contribution < -0.4 is 0 Å². The Balaban J connectivity index is 2.29. The molecule has 0 atom stereocenters. The van der Waals surface area contributed by atoms with Crippen molar-refractivity contribution in [3.63, 3.8) is 0 Å². The van der Waals surface area contributed by atoms with Crippen LogP contribution >= 0.6 is 10.5 Å². The first-order valence-electron chi connectivity index (χ1n) is 6.07. The zero-order valence-electron chi connectivity index (χ0n) is 10.8. The number of nitrogens with zero attached hydrogens (tertiary/aromatic N) is 2. The quantitative estimate of drug-likeness (QED) is 0.411. The molecule has 7 heteroatoms. The monoisotopic (exact) mass is 302 g/mol. The van der Waals surface area contributed by atoms with Crippen molar-refractivity contribution in [1.82, 2.24) is 0 Å². The van der Waals surface area contributed by atoms with E-state index < -0.39 is 20.3 Å². The van der Waals surface area contributed by atoms with Gasteiger partial charge in [-0.1, -0.05) is 30.1 Å². The molecule has 0 saturated carbocycles. The lowest BCUT2D eigenvalue weighted by Crippen LogP contribution is -2.06. The maximum Gasteiger partial charge on any atom is 0.283 e. The van der Waals surface area contributed by atoms with E-state index in [0.717, 1.165) is 11.1 Å². The Bertz CT molecular complexity index is 751. The van der Waals surface area contributed by atoms with Crippen LogP contribution in [0, 0.1) is 20.2 Å². The smallest absolute Gasteiger partial charge is 0.258 e. The number of nitro benzene ring substituents is 2. The Morgan fingerprint density at radius 1 is 0.905 bits per heavy atom. The first-order chi connectivity index (χ1) is 10.0. The molecule has 0 fully saturated rings. The standard InChI is InChI=1S/C14H10N2O4S/c1-21-13-9(4-2-6-11(13)15(17)18)8-10-5-3-7-12(14(10)21)16(19)20/h2-7H,1,8H2. The van der Waals surface area contributed by atoms with Gasteiger partial charge in [-0.15, -0.1) is 10.5 Å². The molecule has 1 heterocycles. The van der Waals surface area contributed by atoms with Crippen LogP contribution in [-0.2, 0) is 6.42 Å². The molecule has 1 aliphatic heterocycles. The highest BCUT2D eigenvalue weighted by Gasteiger charge is 2.30. The number of fused-ring (bicyclic) bond motifs is 2. The Labute approximate surface area is 122 Å². The van der Waals surface area contributed by atoms with Gasteiger partial charge in [0.05, 0.1) is 19.6 Å². The molecule has 2 aromatic rings. The van der Waals surface area contributed by atoms with Gasteiger partial charge in [-0.05, 0) is 11.1 Å². The molecule has 0 unspecified atom stereocenters. The van der Waals surface area contributed by atoms with Crippen molar-refractivity contribution in [2.24, 2.45) is 0 Å². The summed E-state index contributed by atoms with van der Waals surface area (Å²) in [4.78, 5) is 22.5. The van der Waals surface area contributed by atoms with E-state index in [0.29, 0.717) is 16.2 Å². The van der Waals surface area contributed by atoms with Gasteiger partial charge < -0.3 is 0 Å². The molecule has 6 nitrogen and oxygen atoms in total. The third-order valence-electron chi connectivity index (χ3n) is 3.42. The summed E-state index contributed by atoms with van der Waals surface area (Å²) in [5.41, 5.74) is 1.59. The lowest BCUT2D eigenvalue weighted by atomic mass is 10.0. The summed E-state index contributed by atoms with van der Waals surface area (Å²) in [5, 5.41) is 22.4. The molecule has 0 radical (unpaired) electrons. The second-order valence-corrected chi connectivity index (χ2v) is 6.21. The maximum atomic E-state index is 11.2. The van der Waals surface area contributed by atoms with Gasteiger partial charge in [0.1, 0.15) is 0 Å². The van der Waals surface area contributed by atoms with Crippen molar-refractivity contribution in [3.05, 3.63) is 67.8 Å². The van der Waals surface area contributed by atoms with Crippen LogP contribution in [0.5, 0.6) is 0 Å². The van der Waals surface area contributed by atoms with E-state index in [2.05, 4.69) is 5.87 Å². The van der Waals surface area contributed by atoms with Crippen molar-refractivity contribution in [2.75, 3.05) is 0 Å². The second-order valence-electron chi connectivity index (χ2n) is 4.61. The van der Waals surface area contributed by atoms with E-state index in [4.69, 9.17) is 0 Å². The fourth-order valence-electron chi connectivity index (χ4n) is 2.58. The highest BCUT2D eigenvalue weighted by molar-refractivity contribution is 8.14. The van der Waals surface area contributed by atoms with Gasteiger partial charge in [0.15, 0.2) is 0 Å². The molecule has 0 N–H and O–H groups in total. The summed E-state index contributed by atoms with van der Waals surface area (Å²) in [6.07, 6.45) is 0.451. The van der Waals surface area contributed by atoms with Crippen molar-refractivity contribution in [1.29, 1.82) is 0 Å². The van der Waals surface area contributed by atoms with Gasteiger partial charge in [0, 0.05) is 18.6 Å². The van der Waals surface area contributed by atoms with Gasteiger partial charge in [-0.2, -0.15) is 0 Å². The third kappa shape index (κ3) is 2.02. The molecule has 0 spiro atoms. The van der Waals surface area contributed by atoms with Crippen molar-refractivity contribution in [3.8, 4) is 0 Å². The average Bonchev–Trinajstić information content (AvgIpc) is 2.45. The summed E-state index contributed by atoms with van der Waals surface area (Å²) >= 11 is 0. The fourth-order valence-corrected chi connectivity index (χ4v) is 4.49. The molecular weight excluding hydrogens is 292 g/mol. The van der Waals surface area contributed by atoms with Gasteiger partial charge >= 0.3 is 0 Å². The number of benzene rings is 2. The minimum atomic E-state index is -0.938. The molecule has 2 aromatic carbocycles. The lowest BCUT2D eigenvalue weighted by Gasteiger charge is -2.22. The van der Waals surface area contributed by atoms with Crippen LogP contribution in [0.4, 0.5) is 11.4 Å². The topological polar surface area (TPSA) is 86.3 Å². The van der Waals surface area contributed by atoms with Crippen LogP contribution in [0.25, 0.3) is 0 Å². The van der Waals surface area contributed by atoms with E-state index in [1.54, 1.807) is 12.1 Å². The van der Waals surface area contributed by atoms with Crippen LogP contribution in [0.3, 0.4) is 0 Å². The van der Waals surface area contributed by atoms with Crippen molar-refractivity contribution >= 4 is 27.7 Å². The van der Waals surface area contributed by atoms with Crippen LogP contribution in [0.15, 0.2) is 46.2 Å². The SMILES string of the molecule is C=S1c2c(cccc2[N+](=O)[O-])Cc2cccc([N+](=O)[O-])c21. The highest BCUT2D eigenvalue weighted by atomic mass is 32.2. The second kappa shape index (κ2) is 4.78. The summed E-state index contributed by atoms with van der Waals surface area (Å²) in [6.45, 7) is 0. The molecule has 1 aliphatic rings. The fraction of sp³-hybridized carbons (Fsp3) is 0.0714. The largest absolute Gasteiger partial charge is 0.283 e. The normalized spacial score (nSPS) is 13.3. The molecule has 0 saturated heterocycles. The van der Waals surface area contributed by atoms with E-state index >= 15 is 0 Å². The molecule has 0 bridgehead atoms. The number of rotatable bonds is 2. The molecule has 0 amide bonds. The predicted molar refractivity (Wildman–Crippen MR) is 80.2 cm³/mol. The average molecular weight is 302 g/mol. The molecule has 3 rings (SSSR count). The number of hydrogen-bond acceptors (Lipinski definition) is 4. The van der Waals surface area contributed by atoms with E-state index in [-0.39, 0.29) is 11.4 Å². The number of nitro groups is 2. The van der Waals surface area contributed by atoms with Gasteiger partial charge in [0.2, 0.25) is 0 Å². The van der Waals surface area contributed by atoms with Crippen LogP contribution in [0.2, 0.25) is 0 Å². The summed E-state index contributed by atoms with van der Waals surface area (Å²) in [6, 6.07) is 9.74. The van der Waals surface area contributed by atoms with Crippen LogP contribution in [-0.4, -0.2) is 15.7 Å². The third-order valence-corrected chi connectivity index (χ3v) is 5.35. The van der Waals surface area contributed by atoms with Crippen LogP contribution in [0.1, 0.15) is 11.1 Å². The molecule has 21 heavy (non-hydrogen) atoms. The first kappa shape index (κ1) is 13.4. The van der Waals surface area contributed by atoms with Crippen molar-refractivity contribution < 1.29 is 9.85 Å². The minimum absolute atomic E-state index is 0.0189. The zero-order chi connectivity index (χ0) is 15.1. The summed E-state index contributed by atoms with van der Waals surface area (Å²) < 4.78 is 0. The van der Waals surface area contributed by atoms with Gasteiger partial charge in [-0.3, -0.25) is 20.2 Å². The zero-order valence-corrected chi connectivity index (χ0v) is 11.6. The first-order valence-corrected chi connectivity index (χ1v) is 7.46. The summed E-state index contributed by atoms with van der Waals surface area (Å²) in [7, 11) is -0.938. The van der Waals surface area contributed by atoms with Gasteiger partial charge in [-0.25, -0.2) is 0 Å². The Morgan fingerprint density at radius 3 is 1.71 bits per heavy atom. The van der Waals surface area contributed by atoms with E-state index in [1.165, 1.54) is 12.1 Å². The molecule has 0 aromatic heterocycles. The predicted octanol–water partition coefficient (Wildman–Crippen LogP) is 3.53. The lowest BCUT2D eigenvalue weighted by molar-refractivity contribution is -0.388. The Hall–Kier alpha value is -2.54. The molecular formula is C14H10N2O4S. The molecule has 0 aliphatic carbocycles. The Kier molecular flexibility index (Phi) is 3.06. The highest BCUT2D eigenvalue weighted by Crippen LogP contribution is 2.51. The minimum Gasteiger partial charge on any atom is -0.258 e. The van der Waals surface area contributed by atoms with E-state index in [9.17, 15) is 20.2 Å². The Morgan fingerprint density at radius 2 is 1.33 bits per heavy atom. The maximum absolute atomic E-state index is 11.2. The van der Waals surface area contributed by atoms with Crippen molar-refractivity contribution in [2.45, 2.75) is 16.2 Å². The number of hydrogen-bond donors (Lipinski definition) is 0. The van der Waals surface area contributed by atoms with Gasteiger partial charge in [0.25, 0.3) is 11.4 Å². The van der Waals surface area contributed by atoms with E-state index in [1.807, 2.05) is 12.1 Å². The molecule has 106 valence electrons. The summed E-state index contributed by atoms with van der Waals surface area (Å²) in [5.74, 6) is 3.99.